The van der Waals surface area contributed by atoms with Gasteiger partial charge in [-0.3, -0.25) is 9.13 Å². The van der Waals surface area contributed by atoms with E-state index < -0.39 is 0 Å². The molecule has 4 aromatic heterocycles. The molecule has 0 fully saturated rings. The van der Waals surface area contributed by atoms with Gasteiger partial charge in [0.15, 0.2) is 5.82 Å². The van der Waals surface area contributed by atoms with Crippen LogP contribution in [0, 0.1) is 0 Å². The molecule has 4 heterocycles. The second-order valence-corrected chi connectivity index (χ2v) is 16.4. The van der Waals surface area contributed by atoms with Gasteiger partial charge in [0.25, 0.3) is 0 Å². The maximum atomic E-state index is 5.43. The molecule has 8 aromatic carbocycles. The molecule has 0 unspecified atom stereocenters. The molecular weight excluding hydrogens is 781 g/mol. The Hall–Kier alpha value is -8.61. The average molecular weight is 819 g/mol. The summed E-state index contributed by atoms with van der Waals surface area (Å²) in [6, 6.07) is 69.1. The summed E-state index contributed by atoms with van der Waals surface area (Å²) < 4.78 is 6.85. The minimum absolute atomic E-state index is 0.558. The van der Waals surface area contributed by atoms with Crippen LogP contribution in [0.5, 0.6) is 0 Å². The quantitative estimate of drug-likeness (QED) is 0.168. The van der Waals surface area contributed by atoms with Crippen molar-refractivity contribution in [2.24, 2.45) is 0 Å². The number of hydrogen-bond acceptors (Lipinski definition) is 3. The third-order valence-electron chi connectivity index (χ3n) is 12.8. The Labute approximate surface area is 369 Å². The predicted octanol–water partition coefficient (Wildman–Crippen LogP) is 14.1. The lowest BCUT2D eigenvalue weighted by Crippen LogP contribution is -2.11. The van der Waals surface area contributed by atoms with E-state index in [1.165, 1.54) is 21.7 Å². The monoisotopic (exact) mass is 818 g/mol. The van der Waals surface area contributed by atoms with Crippen LogP contribution in [0.1, 0.15) is 11.3 Å². The Kier molecular flexibility index (Phi) is 8.18. The number of benzene rings is 8. The number of nitrogens with zero attached hydrogens (tertiary/aromatic N) is 6. The molecule has 0 saturated heterocycles. The highest BCUT2D eigenvalue weighted by molar-refractivity contribution is 6.11. The van der Waals surface area contributed by atoms with Gasteiger partial charge in [-0.25, -0.2) is 0 Å². The van der Waals surface area contributed by atoms with Crippen molar-refractivity contribution in [1.82, 2.24) is 28.7 Å². The molecule has 13 rings (SSSR count). The molecule has 300 valence electrons. The molecule has 1 aliphatic rings. The van der Waals surface area contributed by atoms with Gasteiger partial charge in [-0.05, 0) is 65.6 Å². The van der Waals surface area contributed by atoms with Crippen molar-refractivity contribution in [2.75, 3.05) is 0 Å². The fraction of sp³-hybridized carbons (Fsp3) is 0.0172. The highest BCUT2D eigenvalue weighted by Gasteiger charge is 2.24. The van der Waals surface area contributed by atoms with Gasteiger partial charge in [0.05, 0.1) is 39.0 Å². The van der Waals surface area contributed by atoms with Crippen molar-refractivity contribution in [3.63, 3.8) is 0 Å². The van der Waals surface area contributed by atoms with Gasteiger partial charge >= 0.3 is 0 Å². The largest absolute Gasteiger partial charge is 0.308 e. The highest BCUT2D eigenvalue weighted by Crippen LogP contribution is 2.42. The molecule has 0 radical (unpaired) electrons. The molecule has 6 heteroatoms. The molecule has 0 bridgehead atoms. The molecule has 0 atom stereocenters. The minimum Gasteiger partial charge on any atom is -0.308 e. The van der Waals surface area contributed by atoms with Gasteiger partial charge in [0.2, 0.25) is 11.9 Å². The van der Waals surface area contributed by atoms with E-state index in [2.05, 4.69) is 232 Å². The standard InChI is InChI=1S/C58H38N6/c1-3-19-38(20-4-1)41-29-18-30-42(55(41)62-49-32-12-7-24-43(49)44-25-8-13-33-50(44)62)39-21-17-22-40(37-39)56-59-57(63-51-31-6-2-5-23-45(51)46-26-9-14-34-52(46)63)61-58(60-56)64-53-35-15-10-27-47(53)48-28-11-16-36-54(48)64/h1-22,24-37H,23H2. The number of para-hydroxylation sites is 6. The summed E-state index contributed by atoms with van der Waals surface area (Å²) in [7, 11) is 0. The fourth-order valence-corrected chi connectivity index (χ4v) is 10.0. The Balaban J connectivity index is 1.08. The Morgan fingerprint density at radius 3 is 1.45 bits per heavy atom. The van der Waals surface area contributed by atoms with E-state index in [4.69, 9.17) is 15.0 Å². The van der Waals surface area contributed by atoms with Gasteiger partial charge < -0.3 is 4.57 Å². The van der Waals surface area contributed by atoms with E-state index in [1.54, 1.807) is 0 Å². The van der Waals surface area contributed by atoms with E-state index in [-0.39, 0.29) is 0 Å². The summed E-state index contributed by atoms with van der Waals surface area (Å²) in [6.07, 6.45) is 9.44. The summed E-state index contributed by atoms with van der Waals surface area (Å²) in [5.41, 5.74) is 14.2. The topological polar surface area (TPSA) is 53.5 Å². The Morgan fingerprint density at radius 2 is 0.828 bits per heavy atom. The van der Waals surface area contributed by atoms with Crippen molar-refractivity contribution < 1.29 is 0 Å². The second kappa shape index (κ2) is 14.5. The van der Waals surface area contributed by atoms with Crippen LogP contribution < -0.4 is 0 Å². The molecule has 0 aliphatic heterocycles. The smallest absolute Gasteiger partial charge is 0.240 e. The Morgan fingerprint density at radius 1 is 0.359 bits per heavy atom. The third kappa shape index (κ3) is 5.56. The lowest BCUT2D eigenvalue weighted by molar-refractivity contribution is 0.875. The van der Waals surface area contributed by atoms with Gasteiger partial charge in [-0.1, -0.05) is 176 Å². The number of fused-ring (bicyclic) bond motifs is 9. The van der Waals surface area contributed by atoms with E-state index in [0.717, 1.165) is 84.0 Å². The molecule has 0 spiro atoms. The average Bonchev–Trinajstić information content (AvgIpc) is 3.91. The van der Waals surface area contributed by atoms with E-state index in [9.17, 15) is 0 Å². The van der Waals surface area contributed by atoms with E-state index >= 15 is 0 Å². The summed E-state index contributed by atoms with van der Waals surface area (Å²) >= 11 is 0. The molecular formula is C58H38N6. The molecule has 0 saturated carbocycles. The first-order valence-corrected chi connectivity index (χ1v) is 21.8. The maximum absolute atomic E-state index is 5.43. The lowest BCUT2D eigenvalue weighted by atomic mass is 9.94. The van der Waals surface area contributed by atoms with Crippen LogP contribution in [0.25, 0.3) is 112 Å². The summed E-state index contributed by atoms with van der Waals surface area (Å²) in [5, 5.41) is 5.92. The first-order chi connectivity index (χ1) is 31.8. The first kappa shape index (κ1) is 36.1. The molecule has 0 N–H and O–H groups in total. The van der Waals surface area contributed by atoms with Crippen LogP contribution in [0.15, 0.2) is 212 Å². The van der Waals surface area contributed by atoms with Crippen LogP contribution in [-0.4, -0.2) is 28.7 Å². The molecule has 6 nitrogen and oxygen atoms in total. The fourth-order valence-electron chi connectivity index (χ4n) is 10.0. The van der Waals surface area contributed by atoms with Crippen molar-refractivity contribution >= 4 is 60.6 Å². The van der Waals surface area contributed by atoms with Gasteiger partial charge in [0.1, 0.15) is 0 Å². The third-order valence-corrected chi connectivity index (χ3v) is 12.8. The van der Waals surface area contributed by atoms with Crippen molar-refractivity contribution in [1.29, 1.82) is 0 Å². The van der Waals surface area contributed by atoms with Crippen LogP contribution in [0.4, 0.5) is 0 Å². The summed E-state index contributed by atoms with van der Waals surface area (Å²) in [5.74, 6) is 1.71. The van der Waals surface area contributed by atoms with Crippen LogP contribution in [0.2, 0.25) is 0 Å². The zero-order valence-corrected chi connectivity index (χ0v) is 34.7. The van der Waals surface area contributed by atoms with Gasteiger partial charge in [-0.2, -0.15) is 15.0 Å². The van der Waals surface area contributed by atoms with Crippen LogP contribution in [0.3, 0.4) is 0 Å². The second-order valence-electron chi connectivity index (χ2n) is 16.4. The van der Waals surface area contributed by atoms with Crippen molar-refractivity contribution in [3.8, 4) is 51.2 Å². The van der Waals surface area contributed by atoms with Crippen LogP contribution in [-0.2, 0) is 6.42 Å². The molecule has 64 heavy (non-hydrogen) atoms. The maximum Gasteiger partial charge on any atom is 0.240 e. The normalized spacial score (nSPS) is 12.5. The molecule has 12 aromatic rings. The predicted molar refractivity (Wildman–Crippen MR) is 264 cm³/mol. The van der Waals surface area contributed by atoms with Gasteiger partial charge in [0, 0.05) is 43.6 Å². The van der Waals surface area contributed by atoms with Gasteiger partial charge in [-0.15, -0.1) is 0 Å². The first-order valence-electron chi connectivity index (χ1n) is 21.8. The SMILES string of the molecule is C1=CCc2c(n(-c3nc(-c4cccc(-c5cccc(-c6ccccc6)c5-n5c6ccccc6c6ccccc65)c4)nc(-n4c5ccccc5c5ccccc54)n3)c3ccccc23)C=C1. The summed E-state index contributed by atoms with van der Waals surface area (Å²) in [4.78, 5) is 16.3. The van der Waals surface area contributed by atoms with Crippen molar-refractivity contribution in [3.05, 3.63) is 224 Å². The summed E-state index contributed by atoms with van der Waals surface area (Å²) in [6.45, 7) is 0. The zero-order chi connectivity index (χ0) is 42.1. The van der Waals surface area contributed by atoms with E-state index in [1.807, 2.05) is 0 Å². The Bertz CT molecular complexity index is 3770. The highest BCUT2D eigenvalue weighted by atomic mass is 15.3. The van der Waals surface area contributed by atoms with E-state index in [0.29, 0.717) is 17.7 Å². The molecule has 1 aliphatic carbocycles. The molecule has 0 amide bonds. The van der Waals surface area contributed by atoms with Crippen molar-refractivity contribution in [2.45, 2.75) is 6.42 Å². The number of rotatable bonds is 6. The zero-order valence-electron chi connectivity index (χ0n) is 34.7. The van der Waals surface area contributed by atoms with Crippen LogP contribution >= 0.6 is 0 Å². The number of hydrogen-bond donors (Lipinski definition) is 0. The number of allylic oxidation sites excluding steroid dienone is 3. The number of aromatic nitrogens is 6. The minimum atomic E-state index is 0.558. The lowest BCUT2D eigenvalue weighted by Gasteiger charge is -2.19.